The van der Waals surface area contributed by atoms with Crippen LogP contribution in [0.15, 0.2) is 57.8 Å². The van der Waals surface area contributed by atoms with Crippen LogP contribution in [0.4, 0.5) is 5.69 Å². The van der Waals surface area contributed by atoms with Crippen molar-refractivity contribution in [2.75, 3.05) is 26.0 Å². The number of nitrogens with one attached hydrogen (secondary N) is 1. The number of benzene rings is 2. The zero-order valence-corrected chi connectivity index (χ0v) is 22.5. The van der Waals surface area contributed by atoms with Gasteiger partial charge >= 0.3 is 5.97 Å². The van der Waals surface area contributed by atoms with Gasteiger partial charge in [-0.1, -0.05) is 36.7 Å². The first kappa shape index (κ1) is 27.9. The molecule has 37 heavy (non-hydrogen) atoms. The first-order chi connectivity index (χ1) is 17.5. The maximum absolute atomic E-state index is 13.2. The van der Waals surface area contributed by atoms with E-state index in [0.29, 0.717) is 17.0 Å². The van der Waals surface area contributed by atoms with E-state index in [1.54, 1.807) is 51.5 Å². The molecule has 1 aromatic heterocycles. The van der Waals surface area contributed by atoms with E-state index in [-0.39, 0.29) is 46.5 Å². The summed E-state index contributed by atoms with van der Waals surface area (Å²) in [5, 5.41) is 7.49. The Morgan fingerprint density at radius 1 is 1.19 bits per heavy atom. The first-order valence-corrected chi connectivity index (χ1v) is 13.2. The molecule has 0 radical (unpaired) electrons. The second-order valence-corrected chi connectivity index (χ2v) is 10.4. The molecule has 0 aliphatic heterocycles. The van der Waals surface area contributed by atoms with Crippen molar-refractivity contribution in [3.63, 3.8) is 0 Å². The molecule has 0 saturated carbocycles. The minimum atomic E-state index is -4.21. The number of ether oxygens (including phenoxy) is 1. The molecule has 0 unspecified atom stereocenters. The molecular formula is C25H28ClN5O5S. The van der Waals surface area contributed by atoms with Crippen LogP contribution in [-0.2, 0) is 33.0 Å². The minimum absolute atomic E-state index is 0.00572. The molecule has 0 aliphatic rings. The second-order valence-electron chi connectivity index (χ2n) is 8.36. The number of carbonyl (C=O) groups is 2. The van der Waals surface area contributed by atoms with Crippen LogP contribution in [-0.4, -0.2) is 62.0 Å². The number of aryl methyl sites for hydroxylation is 1. The Balaban J connectivity index is 2.00. The van der Waals surface area contributed by atoms with Crippen LogP contribution in [0.25, 0.3) is 11.3 Å². The summed E-state index contributed by atoms with van der Waals surface area (Å²) in [5.74, 6) is -0.943. The largest absolute Gasteiger partial charge is 0.461 e. The van der Waals surface area contributed by atoms with E-state index in [4.69, 9.17) is 16.3 Å². The number of hydrogen-bond acceptors (Lipinski definition) is 6. The highest BCUT2D eigenvalue weighted by Gasteiger charge is 2.24. The van der Waals surface area contributed by atoms with Gasteiger partial charge in [-0.15, -0.1) is 4.40 Å². The topological polar surface area (TPSA) is 123 Å². The second kappa shape index (κ2) is 12.0. The lowest BCUT2D eigenvalue weighted by atomic mass is 10.1. The maximum Gasteiger partial charge on any atom is 0.356 e. The summed E-state index contributed by atoms with van der Waals surface area (Å²) in [7, 11) is 0.631. The highest BCUT2D eigenvalue weighted by atomic mass is 35.5. The number of rotatable bonds is 10. The van der Waals surface area contributed by atoms with Crippen LogP contribution in [0.3, 0.4) is 0 Å². The van der Waals surface area contributed by atoms with Crippen LogP contribution in [0.1, 0.15) is 29.4 Å². The quantitative estimate of drug-likeness (QED) is 0.234. The zero-order chi connectivity index (χ0) is 27.2. The fourth-order valence-corrected chi connectivity index (χ4v) is 4.67. The van der Waals surface area contributed by atoms with E-state index in [0.717, 1.165) is 6.34 Å². The molecule has 0 spiro atoms. The van der Waals surface area contributed by atoms with Gasteiger partial charge in [-0.25, -0.2) is 4.79 Å². The molecular weight excluding hydrogens is 518 g/mol. The van der Waals surface area contributed by atoms with Gasteiger partial charge in [0.05, 0.1) is 18.7 Å². The summed E-state index contributed by atoms with van der Waals surface area (Å²) in [6, 6.07) is 12.8. The molecule has 10 nitrogen and oxygen atoms in total. The van der Waals surface area contributed by atoms with Gasteiger partial charge in [0.1, 0.15) is 16.9 Å². The van der Waals surface area contributed by atoms with Crippen LogP contribution in [0, 0.1) is 0 Å². The molecule has 3 rings (SSSR count). The molecule has 1 N–H and O–H groups in total. The third kappa shape index (κ3) is 7.17. The third-order valence-electron chi connectivity index (χ3n) is 5.07. The van der Waals surface area contributed by atoms with Crippen molar-refractivity contribution in [1.82, 2.24) is 14.7 Å². The van der Waals surface area contributed by atoms with E-state index in [1.807, 2.05) is 6.92 Å². The predicted molar refractivity (Wildman–Crippen MR) is 142 cm³/mol. The predicted octanol–water partition coefficient (Wildman–Crippen LogP) is 3.77. The Kier molecular flexibility index (Phi) is 9.06. The number of nitrogens with zero attached hydrogens (tertiary/aromatic N) is 4. The van der Waals surface area contributed by atoms with Crippen LogP contribution < -0.4 is 5.32 Å². The number of anilines is 1. The van der Waals surface area contributed by atoms with Gasteiger partial charge in [0, 0.05) is 37.4 Å². The number of esters is 1. The zero-order valence-electron chi connectivity index (χ0n) is 20.9. The maximum atomic E-state index is 13.2. The Labute approximate surface area is 221 Å². The molecule has 1 amide bonds. The van der Waals surface area contributed by atoms with Crippen LogP contribution in [0.5, 0.6) is 0 Å². The fraction of sp³-hybridized carbons (Fsp3) is 0.280. The van der Waals surface area contributed by atoms with Gasteiger partial charge in [-0.3, -0.25) is 9.48 Å². The first-order valence-electron chi connectivity index (χ1n) is 11.4. The minimum Gasteiger partial charge on any atom is -0.461 e. The highest BCUT2D eigenvalue weighted by molar-refractivity contribution is 7.90. The molecule has 1 heterocycles. The average molecular weight is 546 g/mol. The number of carbonyl (C=O) groups excluding carboxylic acids is 2. The van der Waals surface area contributed by atoms with Gasteiger partial charge in [0.25, 0.3) is 10.0 Å². The van der Waals surface area contributed by atoms with Crippen molar-refractivity contribution in [2.24, 2.45) is 11.4 Å². The van der Waals surface area contributed by atoms with E-state index >= 15 is 0 Å². The summed E-state index contributed by atoms with van der Waals surface area (Å²) in [6.07, 6.45) is 1.83. The molecule has 3 aromatic rings. The molecule has 0 saturated heterocycles. The number of hydrogen-bond donors (Lipinski definition) is 1. The van der Waals surface area contributed by atoms with E-state index in [1.165, 1.54) is 27.8 Å². The molecule has 196 valence electrons. The fourth-order valence-electron chi connectivity index (χ4n) is 3.32. The summed E-state index contributed by atoms with van der Waals surface area (Å²) in [5.41, 5.74) is 1.50. The lowest BCUT2D eigenvalue weighted by Crippen LogP contribution is -2.15. The number of amides is 1. The molecule has 0 bridgehead atoms. The third-order valence-corrected chi connectivity index (χ3v) is 6.71. The molecule has 0 aliphatic carbocycles. The Morgan fingerprint density at radius 2 is 1.92 bits per heavy atom. The van der Waals surface area contributed by atoms with Crippen molar-refractivity contribution >= 4 is 45.5 Å². The van der Waals surface area contributed by atoms with Gasteiger partial charge < -0.3 is 15.0 Å². The van der Waals surface area contributed by atoms with Crippen molar-refractivity contribution in [3.8, 4) is 11.3 Å². The number of halogens is 1. The average Bonchev–Trinajstić information content (AvgIpc) is 3.24. The van der Waals surface area contributed by atoms with Crippen molar-refractivity contribution in [2.45, 2.75) is 24.7 Å². The van der Waals surface area contributed by atoms with Gasteiger partial charge in [-0.2, -0.15) is 13.5 Å². The summed E-state index contributed by atoms with van der Waals surface area (Å²) < 4.78 is 36.6. The lowest BCUT2D eigenvalue weighted by molar-refractivity contribution is -0.115. The summed E-state index contributed by atoms with van der Waals surface area (Å²) >= 11 is 6.15. The molecule has 2 aromatic carbocycles. The highest BCUT2D eigenvalue weighted by Crippen LogP contribution is 2.31. The molecule has 12 heteroatoms. The van der Waals surface area contributed by atoms with E-state index in [9.17, 15) is 18.0 Å². The van der Waals surface area contributed by atoms with Crippen molar-refractivity contribution in [3.05, 3.63) is 64.8 Å². The smallest absolute Gasteiger partial charge is 0.356 e. The van der Waals surface area contributed by atoms with Crippen molar-refractivity contribution < 1.29 is 22.7 Å². The standard InChI is InChI=1S/C25H28ClN5O5S/c1-5-12-36-25(33)22-15-21(29-31(22)4)19-11-10-18(14-23(19)37(34,35)27-16-30(2)3)28-24(32)13-17-8-6-7-9-20(17)26/h6-11,14-16H,5,12-13H2,1-4H3,(H,28,32). The van der Waals surface area contributed by atoms with Gasteiger partial charge in [0.2, 0.25) is 5.91 Å². The monoisotopic (exact) mass is 545 g/mol. The SMILES string of the molecule is CCCOC(=O)c1cc(-c2ccc(NC(=O)Cc3ccccc3Cl)cc2S(=O)(=O)N=CN(C)C)nn1C. The van der Waals surface area contributed by atoms with Crippen LogP contribution >= 0.6 is 11.6 Å². The summed E-state index contributed by atoms with van der Waals surface area (Å²) in [4.78, 5) is 26.3. The summed E-state index contributed by atoms with van der Waals surface area (Å²) in [6.45, 7) is 2.13. The Morgan fingerprint density at radius 3 is 2.59 bits per heavy atom. The lowest BCUT2D eigenvalue weighted by Gasteiger charge is -2.11. The van der Waals surface area contributed by atoms with Crippen molar-refractivity contribution in [1.29, 1.82) is 0 Å². The molecule has 0 fully saturated rings. The van der Waals surface area contributed by atoms with E-state index in [2.05, 4.69) is 14.8 Å². The van der Waals surface area contributed by atoms with Crippen LogP contribution in [0.2, 0.25) is 5.02 Å². The van der Waals surface area contributed by atoms with E-state index < -0.39 is 16.0 Å². The molecule has 0 atom stereocenters. The normalized spacial score (nSPS) is 11.5. The Hall–Kier alpha value is -3.70. The number of sulfonamides is 1. The Bertz CT molecular complexity index is 1430. The van der Waals surface area contributed by atoms with Gasteiger partial charge in [0.15, 0.2) is 0 Å². The number of aromatic nitrogens is 2. The van der Waals surface area contributed by atoms with Gasteiger partial charge in [-0.05, 0) is 42.3 Å².